The highest BCUT2D eigenvalue weighted by molar-refractivity contribution is 5.40. The van der Waals surface area contributed by atoms with Crippen molar-refractivity contribution in [1.82, 2.24) is 4.90 Å². The maximum Gasteiger partial charge on any atom is 0.0593 e. The Morgan fingerprint density at radius 3 is 2.71 bits per heavy atom. The molecule has 0 radical (unpaired) electrons. The Bertz CT molecular complexity index is 326. The van der Waals surface area contributed by atoms with E-state index in [1.165, 1.54) is 5.56 Å². The number of hydrogen-bond donors (Lipinski definition) is 1. The zero-order valence-corrected chi connectivity index (χ0v) is 11.1. The summed E-state index contributed by atoms with van der Waals surface area (Å²) in [7, 11) is 0. The van der Waals surface area contributed by atoms with Crippen LogP contribution in [0.4, 0.5) is 5.69 Å². The molecule has 0 aliphatic rings. The lowest BCUT2D eigenvalue weighted by Gasteiger charge is -2.26. The molecule has 0 unspecified atom stereocenters. The van der Waals surface area contributed by atoms with Gasteiger partial charge in [-0.3, -0.25) is 4.90 Å². The number of nitrogen functional groups attached to an aromatic ring is 1. The maximum atomic E-state index is 5.79. The Kier molecular flexibility index (Phi) is 6.01. The summed E-state index contributed by atoms with van der Waals surface area (Å²) < 4.78 is 5.41. The highest BCUT2D eigenvalue weighted by Crippen LogP contribution is 2.11. The molecule has 96 valence electrons. The van der Waals surface area contributed by atoms with Gasteiger partial charge in [-0.1, -0.05) is 12.1 Å². The SMILES string of the molecule is CCOCCN(Cc1cccc(N)c1)C(C)C. The fraction of sp³-hybridized carbons (Fsp3) is 0.571. The summed E-state index contributed by atoms with van der Waals surface area (Å²) in [6.07, 6.45) is 0. The zero-order valence-electron chi connectivity index (χ0n) is 11.1. The fourth-order valence-electron chi connectivity index (χ4n) is 1.77. The Morgan fingerprint density at radius 2 is 2.12 bits per heavy atom. The molecule has 0 fully saturated rings. The first-order valence-electron chi connectivity index (χ1n) is 6.29. The molecule has 0 bridgehead atoms. The largest absolute Gasteiger partial charge is 0.399 e. The van der Waals surface area contributed by atoms with E-state index in [-0.39, 0.29) is 0 Å². The Hall–Kier alpha value is -1.06. The van der Waals surface area contributed by atoms with Crippen molar-refractivity contribution >= 4 is 5.69 Å². The van der Waals surface area contributed by atoms with Crippen LogP contribution in [0.25, 0.3) is 0 Å². The van der Waals surface area contributed by atoms with Gasteiger partial charge in [-0.2, -0.15) is 0 Å². The van der Waals surface area contributed by atoms with Gasteiger partial charge in [0.1, 0.15) is 0 Å². The van der Waals surface area contributed by atoms with Crippen LogP contribution >= 0.6 is 0 Å². The monoisotopic (exact) mass is 236 g/mol. The van der Waals surface area contributed by atoms with Gasteiger partial charge in [0.05, 0.1) is 6.61 Å². The minimum Gasteiger partial charge on any atom is -0.399 e. The molecule has 1 aromatic carbocycles. The van der Waals surface area contributed by atoms with Gasteiger partial charge >= 0.3 is 0 Å². The van der Waals surface area contributed by atoms with E-state index in [1.54, 1.807) is 0 Å². The number of hydrogen-bond acceptors (Lipinski definition) is 3. The van der Waals surface area contributed by atoms with E-state index in [0.717, 1.165) is 32.0 Å². The van der Waals surface area contributed by atoms with Crippen molar-refractivity contribution in [2.24, 2.45) is 0 Å². The summed E-state index contributed by atoms with van der Waals surface area (Å²) in [6, 6.07) is 8.59. The van der Waals surface area contributed by atoms with Gasteiger partial charge in [0, 0.05) is 31.4 Å². The van der Waals surface area contributed by atoms with E-state index in [1.807, 2.05) is 25.1 Å². The van der Waals surface area contributed by atoms with Crippen molar-refractivity contribution in [1.29, 1.82) is 0 Å². The molecule has 0 aliphatic carbocycles. The van der Waals surface area contributed by atoms with Crippen molar-refractivity contribution in [3.63, 3.8) is 0 Å². The van der Waals surface area contributed by atoms with Crippen LogP contribution in [0.3, 0.4) is 0 Å². The first-order valence-corrected chi connectivity index (χ1v) is 6.29. The predicted molar refractivity (Wildman–Crippen MR) is 72.9 cm³/mol. The third kappa shape index (κ3) is 5.20. The Morgan fingerprint density at radius 1 is 1.35 bits per heavy atom. The molecule has 0 atom stereocenters. The lowest BCUT2D eigenvalue weighted by atomic mass is 10.1. The molecule has 0 heterocycles. The van der Waals surface area contributed by atoms with Crippen LogP contribution < -0.4 is 5.73 Å². The number of anilines is 1. The van der Waals surface area contributed by atoms with Crippen LogP contribution in [0.15, 0.2) is 24.3 Å². The minimum absolute atomic E-state index is 0.511. The summed E-state index contributed by atoms with van der Waals surface area (Å²) in [5.74, 6) is 0. The molecule has 3 nitrogen and oxygen atoms in total. The smallest absolute Gasteiger partial charge is 0.0593 e. The second-order valence-electron chi connectivity index (χ2n) is 4.51. The van der Waals surface area contributed by atoms with E-state index in [9.17, 15) is 0 Å². The summed E-state index contributed by atoms with van der Waals surface area (Å²) in [4.78, 5) is 2.39. The fourth-order valence-corrected chi connectivity index (χ4v) is 1.77. The predicted octanol–water partition coefficient (Wildman–Crippen LogP) is 2.52. The van der Waals surface area contributed by atoms with E-state index in [0.29, 0.717) is 6.04 Å². The standard InChI is InChI=1S/C14H24N2O/c1-4-17-9-8-16(12(2)3)11-13-6-5-7-14(15)10-13/h5-7,10,12H,4,8-9,11,15H2,1-3H3. The summed E-state index contributed by atoms with van der Waals surface area (Å²) >= 11 is 0. The van der Waals surface area contributed by atoms with E-state index < -0.39 is 0 Å². The average molecular weight is 236 g/mol. The van der Waals surface area contributed by atoms with Crippen molar-refractivity contribution in [3.8, 4) is 0 Å². The van der Waals surface area contributed by atoms with Crippen molar-refractivity contribution in [2.75, 3.05) is 25.5 Å². The number of nitrogens with two attached hydrogens (primary N) is 1. The van der Waals surface area contributed by atoms with Gasteiger partial charge in [0.15, 0.2) is 0 Å². The quantitative estimate of drug-likeness (QED) is 0.584. The Balaban J connectivity index is 2.54. The first-order chi connectivity index (χ1) is 8.13. The third-order valence-electron chi connectivity index (χ3n) is 2.79. The van der Waals surface area contributed by atoms with Crippen LogP contribution in [0.1, 0.15) is 26.3 Å². The van der Waals surface area contributed by atoms with E-state index in [4.69, 9.17) is 10.5 Å². The van der Waals surface area contributed by atoms with Crippen molar-refractivity contribution < 1.29 is 4.74 Å². The van der Waals surface area contributed by atoms with Gasteiger partial charge in [-0.05, 0) is 38.5 Å². The number of ether oxygens (including phenoxy) is 1. The van der Waals surface area contributed by atoms with E-state index >= 15 is 0 Å². The molecule has 0 spiro atoms. The molecule has 1 aromatic rings. The van der Waals surface area contributed by atoms with Crippen LogP contribution in [-0.2, 0) is 11.3 Å². The summed E-state index contributed by atoms with van der Waals surface area (Å²) in [5.41, 5.74) is 7.88. The number of benzene rings is 1. The van der Waals surface area contributed by atoms with Crippen LogP contribution in [0, 0.1) is 0 Å². The summed E-state index contributed by atoms with van der Waals surface area (Å²) in [5, 5.41) is 0. The molecular weight excluding hydrogens is 212 g/mol. The Labute approximate surface area is 105 Å². The van der Waals surface area contributed by atoms with Gasteiger partial charge in [-0.15, -0.1) is 0 Å². The van der Waals surface area contributed by atoms with Crippen LogP contribution in [-0.4, -0.2) is 30.7 Å². The number of rotatable bonds is 7. The van der Waals surface area contributed by atoms with Crippen molar-refractivity contribution in [2.45, 2.75) is 33.4 Å². The van der Waals surface area contributed by atoms with Gasteiger partial charge in [-0.25, -0.2) is 0 Å². The lowest BCUT2D eigenvalue weighted by Crippen LogP contribution is -2.33. The summed E-state index contributed by atoms with van der Waals surface area (Å²) in [6.45, 7) is 9.89. The molecule has 3 heteroatoms. The lowest BCUT2D eigenvalue weighted by molar-refractivity contribution is 0.0973. The molecule has 2 N–H and O–H groups in total. The maximum absolute atomic E-state index is 5.79. The van der Waals surface area contributed by atoms with Gasteiger partial charge in [0.25, 0.3) is 0 Å². The number of nitrogens with zero attached hydrogens (tertiary/aromatic N) is 1. The highest BCUT2D eigenvalue weighted by Gasteiger charge is 2.09. The molecule has 17 heavy (non-hydrogen) atoms. The van der Waals surface area contributed by atoms with Gasteiger partial charge in [0.2, 0.25) is 0 Å². The van der Waals surface area contributed by atoms with Crippen molar-refractivity contribution in [3.05, 3.63) is 29.8 Å². The second kappa shape index (κ2) is 7.30. The zero-order chi connectivity index (χ0) is 12.7. The molecule has 0 saturated heterocycles. The molecular formula is C14H24N2O. The van der Waals surface area contributed by atoms with Gasteiger partial charge < -0.3 is 10.5 Å². The molecule has 0 amide bonds. The molecule has 0 saturated carbocycles. The topological polar surface area (TPSA) is 38.5 Å². The average Bonchev–Trinajstić information content (AvgIpc) is 2.28. The van der Waals surface area contributed by atoms with Crippen LogP contribution in [0.5, 0.6) is 0 Å². The molecule has 0 aliphatic heterocycles. The molecule has 0 aromatic heterocycles. The van der Waals surface area contributed by atoms with Crippen LogP contribution in [0.2, 0.25) is 0 Å². The molecule has 1 rings (SSSR count). The minimum atomic E-state index is 0.511. The van der Waals surface area contributed by atoms with E-state index in [2.05, 4.69) is 24.8 Å². The normalized spacial score (nSPS) is 11.4. The second-order valence-corrected chi connectivity index (χ2v) is 4.51. The third-order valence-corrected chi connectivity index (χ3v) is 2.79. The first kappa shape index (κ1) is 14.0. The highest BCUT2D eigenvalue weighted by atomic mass is 16.5.